The van der Waals surface area contributed by atoms with Gasteiger partial charge < -0.3 is 10.3 Å². The summed E-state index contributed by atoms with van der Waals surface area (Å²) in [6, 6.07) is 8.53. The molecule has 22 heavy (non-hydrogen) atoms. The smallest absolute Gasteiger partial charge is 0.252 e. The van der Waals surface area contributed by atoms with E-state index in [9.17, 15) is 9.59 Å². The van der Waals surface area contributed by atoms with Gasteiger partial charge in [0.25, 0.3) is 5.91 Å². The van der Waals surface area contributed by atoms with Gasteiger partial charge >= 0.3 is 0 Å². The Labute approximate surface area is 130 Å². The van der Waals surface area contributed by atoms with Gasteiger partial charge in [0, 0.05) is 5.38 Å². The Kier molecular flexibility index (Phi) is 3.88. The Bertz CT molecular complexity index is 777. The SMILES string of the molecule is CC(NC(=O)c1ccsc1)C(=O)Nc1nc2ccccc2[nH]1. The Morgan fingerprint density at radius 3 is 2.82 bits per heavy atom. The first-order valence-electron chi connectivity index (χ1n) is 6.72. The molecule has 6 nitrogen and oxygen atoms in total. The molecule has 0 radical (unpaired) electrons. The molecule has 7 heteroatoms. The molecular weight excluding hydrogens is 300 g/mol. The maximum atomic E-state index is 12.1. The summed E-state index contributed by atoms with van der Waals surface area (Å²) >= 11 is 1.43. The number of carbonyl (C=O) groups excluding carboxylic acids is 2. The lowest BCUT2D eigenvalue weighted by Crippen LogP contribution is -2.41. The summed E-state index contributed by atoms with van der Waals surface area (Å²) in [6.45, 7) is 1.63. The van der Waals surface area contributed by atoms with Crippen molar-refractivity contribution < 1.29 is 9.59 Å². The number of nitrogens with one attached hydrogen (secondary N) is 3. The molecule has 0 saturated carbocycles. The second-order valence-electron chi connectivity index (χ2n) is 4.80. The first-order valence-corrected chi connectivity index (χ1v) is 7.66. The predicted octanol–water partition coefficient (Wildman–Crippen LogP) is 2.38. The van der Waals surface area contributed by atoms with Crippen molar-refractivity contribution in [1.82, 2.24) is 15.3 Å². The van der Waals surface area contributed by atoms with Gasteiger partial charge in [-0.15, -0.1) is 0 Å². The van der Waals surface area contributed by atoms with Gasteiger partial charge in [-0.2, -0.15) is 11.3 Å². The molecule has 112 valence electrons. The van der Waals surface area contributed by atoms with Gasteiger partial charge in [0.05, 0.1) is 16.6 Å². The number of H-pyrrole nitrogens is 1. The van der Waals surface area contributed by atoms with Gasteiger partial charge in [-0.05, 0) is 30.5 Å². The lowest BCUT2D eigenvalue weighted by atomic mass is 10.2. The van der Waals surface area contributed by atoms with Crippen molar-refractivity contribution >= 4 is 40.1 Å². The van der Waals surface area contributed by atoms with E-state index >= 15 is 0 Å². The second-order valence-corrected chi connectivity index (χ2v) is 5.58. The van der Waals surface area contributed by atoms with Crippen LogP contribution in [0, 0.1) is 0 Å². The van der Waals surface area contributed by atoms with Crippen LogP contribution < -0.4 is 10.6 Å². The Hall–Kier alpha value is -2.67. The van der Waals surface area contributed by atoms with Crippen LogP contribution in [0.15, 0.2) is 41.1 Å². The monoisotopic (exact) mass is 314 g/mol. The van der Waals surface area contributed by atoms with Crippen molar-refractivity contribution in [2.75, 3.05) is 5.32 Å². The average molecular weight is 314 g/mol. The largest absolute Gasteiger partial charge is 0.340 e. The van der Waals surface area contributed by atoms with Crippen LogP contribution >= 0.6 is 11.3 Å². The summed E-state index contributed by atoms with van der Waals surface area (Å²) in [5.41, 5.74) is 2.16. The van der Waals surface area contributed by atoms with Crippen molar-refractivity contribution in [2.24, 2.45) is 0 Å². The quantitative estimate of drug-likeness (QED) is 0.691. The third kappa shape index (κ3) is 2.99. The number of nitrogens with zero attached hydrogens (tertiary/aromatic N) is 1. The van der Waals surface area contributed by atoms with Crippen LogP contribution in [0.5, 0.6) is 0 Å². The van der Waals surface area contributed by atoms with Crippen molar-refractivity contribution in [3.63, 3.8) is 0 Å². The minimum Gasteiger partial charge on any atom is -0.340 e. The number of hydrogen-bond donors (Lipinski definition) is 3. The first-order chi connectivity index (χ1) is 10.6. The van der Waals surface area contributed by atoms with E-state index in [0.29, 0.717) is 11.5 Å². The fraction of sp³-hybridized carbons (Fsp3) is 0.133. The van der Waals surface area contributed by atoms with Gasteiger partial charge in [0.15, 0.2) is 0 Å². The third-order valence-corrected chi connectivity index (χ3v) is 3.84. The average Bonchev–Trinajstić information content (AvgIpc) is 3.15. The Morgan fingerprint density at radius 2 is 2.09 bits per heavy atom. The molecule has 2 aromatic heterocycles. The highest BCUT2D eigenvalue weighted by atomic mass is 32.1. The lowest BCUT2D eigenvalue weighted by molar-refractivity contribution is -0.117. The molecule has 1 aromatic carbocycles. The fourth-order valence-corrected chi connectivity index (χ4v) is 2.61. The van der Waals surface area contributed by atoms with E-state index in [2.05, 4.69) is 20.6 Å². The molecule has 3 N–H and O–H groups in total. The van der Waals surface area contributed by atoms with E-state index in [1.807, 2.05) is 29.6 Å². The molecule has 2 heterocycles. The molecule has 1 unspecified atom stereocenters. The number of rotatable bonds is 4. The number of imidazole rings is 1. The van der Waals surface area contributed by atoms with Gasteiger partial charge in [0.1, 0.15) is 6.04 Å². The molecule has 2 amide bonds. The topological polar surface area (TPSA) is 86.9 Å². The Balaban J connectivity index is 1.64. The normalized spacial score (nSPS) is 12.0. The van der Waals surface area contributed by atoms with Crippen molar-refractivity contribution in [3.8, 4) is 0 Å². The number of aromatic nitrogens is 2. The van der Waals surface area contributed by atoms with Crippen LogP contribution in [0.4, 0.5) is 5.95 Å². The number of fused-ring (bicyclic) bond motifs is 1. The van der Waals surface area contributed by atoms with Gasteiger partial charge in [-0.3, -0.25) is 14.9 Å². The van der Waals surface area contributed by atoms with Crippen LogP contribution in [0.2, 0.25) is 0 Å². The second kappa shape index (κ2) is 5.98. The number of para-hydroxylation sites is 2. The molecule has 0 fully saturated rings. The molecule has 0 bridgehead atoms. The molecule has 1 atom stereocenters. The lowest BCUT2D eigenvalue weighted by Gasteiger charge is -2.12. The van der Waals surface area contributed by atoms with E-state index in [4.69, 9.17) is 0 Å². The molecule has 0 aliphatic rings. The minimum absolute atomic E-state index is 0.270. The highest BCUT2D eigenvalue weighted by Gasteiger charge is 2.18. The number of hydrogen-bond acceptors (Lipinski definition) is 4. The van der Waals surface area contributed by atoms with Crippen LogP contribution in [0.1, 0.15) is 17.3 Å². The third-order valence-electron chi connectivity index (χ3n) is 3.16. The van der Waals surface area contributed by atoms with E-state index in [1.165, 1.54) is 11.3 Å². The maximum absolute atomic E-state index is 12.1. The number of thiophene rings is 1. The number of amides is 2. The highest BCUT2D eigenvalue weighted by Crippen LogP contribution is 2.13. The van der Waals surface area contributed by atoms with Gasteiger partial charge in [-0.1, -0.05) is 12.1 Å². The van der Waals surface area contributed by atoms with E-state index < -0.39 is 6.04 Å². The summed E-state index contributed by atoms with van der Waals surface area (Å²) in [7, 11) is 0. The van der Waals surface area contributed by atoms with Crippen molar-refractivity contribution in [1.29, 1.82) is 0 Å². The van der Waals surface area contributed by atoms with Crippen LogP contribution in [0.25, 0.3) is 11.0 Å². The predicted molar refractivity (Wildman–Crippen MR) is 86.0 cm³/mol. The summed E-state index contributed by atoms with van der Waals surface area (Å²) in [5.74, 6) is -0.237. The zero-order chi connectivity index (χ0) is 15.5. The van der Waals surface area contributed by atoms with E-state index in [0.717, 1.165) is 11.0 Å². The minimum atomic E-state index is -0.666. The van der Waals surface area contributed by atoms with Gasteiger partial charge in [-0.25, -0.2) is 4.98 Å². The molecular formula is C15H14N4O2S. The van der Waals surface area contributed by atoms with Crippen LogP contribution in [-0.4, -0.2) is 27.8 Å². The number of aromatic amines is 1. The zero-order valence-corrected chi connectivity index (χ0v) is 12.6. The summed E-state index contributed by atoms with van der Waals surface area (Å²) < 4.78 is 0. The van der Waals surface area contributed by atoms with E-state index in [1.54, 1.807) is 18.4 Å². The highest BCUT2D eigenvalue weighted by molar-refractivity contribution is 7.08. The molecule has 3 rings (SSSR count). The number of carbonyl (C=O) groups is 2. The van der Waals surface area contributed by atoms with Crippen molar-refractivity contribution in [3.05, 3.63) is 46.7 Å². The molecule has 0 aliphatic heterocycles. The summed E-state index contributed by atoms with van der Waals surface area (Å²) in [5, 5.41) is 8.86. The molecule has 0 spiro atoms. The molecule has 3 aromatic rings. The standard InChI is InChI=1S/C15H14N4O2S/c1-9(16-14(21)10-6-7-22-8-10)13(20)19-15-17-11-4-2-3-5-12(11)18-15/h2-9H,1H3,(H,16,21)(H2,17,18,19,20). The molecule has 0 aliphatic carbocycles. The van der Waals surface area contributed by atoms with Crippen LogP contribution in [-0.2, 0) is 4.79 Å². The van der Waals surface area contributed by atoms with E-state index in [-0.39, 0.29) is 11.8 Å². The van der Waals surface area contributed by atoms with Crippen molar-refractivity contribution in [2.45, 2.75) is 13.0 Å². The van der Waals surface area contributed by atoms with Gasteiger partial charge in [0.2, 0.25) is 11.9 Å². The fourth-order valence-electron chi connectivity index (χ4n) is 1.98. The first kappa shape index (κ1) is 14.3. The summed E-state index contributed by atoms with van der Waals surface area (Å²) in [6.07, 6.45) is 0. The Morgan fingerprint density at radius 1 is 1.27 bits per heavy atom. The van der Waals surface area contributed by atoms with Crippen LogP contribution in [0.3, 0.4) is 0 Å². The molecule has 0 saturated heterocycles. The maximum Gasteiger partial charge on any atom is 0.252 e. The number of anilines is 1. The number of benzene rings is 1. The summed E-state index contributed by atoms with van der Waals surface area (Å²) in [4.78, 5) is 31.3. The zero-order valence-electron chi connectivity index (χ0n) is 11.8.